The van der Waals surface area contributed by atoms with Crippen molar-refractivity contribution in [1.29, 1.82) is 0 Å². The lowest BCUT2D eigenvalue weighted by Crippen LogP contribution is -2.39. The molecule has 0 aliphatic carbocycles. The Hall–Kier alpha value is -2.20. The maximum Gasteiger partial charge on any atom is 0.238 e. The van der Waals surface area contributed by atoms with Crippen LogP contribution < -0.4 is 4.74 Å². The zero-order valence-corrected chi connectivity index (χ0v) is 10.9. The molecule has 0 saturated carbocycles. The van der Waals surface area contributed by atoms with Gasteiger partial charge in [0.25, 0.3) is 0 Å². The summed E-state index contributed by atoms with van der Waals surface area (Å²) in [5.74, 6) is 0.407. The minimum absolute atomic E-state index is 0.273. The second-order valence-corrected chi connectivity index (χ2v) is 4.19. The van der Waals surface area contributed by atoms with Gasteiger partial charge < -0.3 is 9.64 Å². The fraction of sp³-hybridized carbons (Fsp3) is 0.417. The fourth-order valence-corrected chi connectivity index (χ4v) is 1.66. The molecule has 1 atom stereocenters. The van der Waals surface area contributed by atoms with Gasteiger partial charge in [0.05, 0.1) is 7.11 Å². The van der Waals surface area contributed by atoms with Crippen LogP contribution in [0, 0.1) is 0 Å². The average Bonchev–Trinajstić information content (AvgIpc) is 2.38. The summed E-state index contributed by atoms with van der Waals surface area (Å²) < 4.78 is 5.05. The highest BCUT2D eigenvalue weighted by Crippen LogP contribution is 2.29. The van der Waals surface area contributed by atoms with E-state index in [0.717, 1.165) is 0 Å². The number of ether oxygens (including phenoxy) is 1. The number of hydrogen-bond acceptors (Lipinski definition) is 3. The summed E-state index contributed by atoms with van der Waals surface area (Å²) in [7, 11) is 4.81. The molecule has 6 nitrogen and oxygen atoms in total. The predicted octanol–water partition coefficient (Wildman–Crippen LogP) is 2.31. The van der Waals surface area contributed by atoms with E-state index in [1.54, 1.807) is 52.4 Å². The topological polar surface area (TPSA) is 78.3 Å². The van der Waals surface area contributed by atoms with Crippen LogP contribution in [-0.4, -0.2) is 32.0 Å². The van der Waals surface area contributed by atoms with E-state index >= 15 is 0 Å². The van der Waals surface area contributed by atoms with E-state index in [1.165, 1.54) is 4.90 Å². The Morgan fingerprint density at radius 1 is 1.39 bits per heavy atom. The van der Waals surface area contributed by atoms with Gasteiger partial charge in [0.1, 0.15) is 11.3 Å². The van der Waals surface area contributed by atoms with E-state index in [9.17, 15) is 4.79 Å². The summed E-state index contributed by atoms with van der Waals surface area (Å²) >= 11 is 0. The van der Waals surface area contributed by atoms with Gasteiger partial charge in [-0.25, -0.2) is 0 Å². The van der Waals surface area contributed by atoms with E-state index in [0.29, 0.717) is 11.3 Å². The van der Waals surface area contributed by atoms with Crippen LogP contribution in [0.3, 0.4) is 0 Å². The molecule has 1 unspecified atom stereocenters. The van der Waals surface area contributed by atoms with Crippen molar-refractivity contribution >= 4 is 5.91 Å². The highest BCUT2D eigenvalue weighted by atomic mass is 16.5. The van der Waals surface area contributed by atoms with Crippen molar-refractivity contribution in [2.24, 2.45) is 5.11 Å². The molecular weight excluding hydrogens is 232 g/mol. The van der Waals surface area contributed by atoms with Gasteiger partial charge in [0.2, 0.25) is 5.91 Å². The van der Waals surface area contributed by atoms with Crippen molar-refractivity contribution < 1.29 is 9.53 Å². The Kier molecular flexibility index (Phi) is 4.18. The first-order chi connectivity index (χ1) is 8.45. The number of nitrogens with zero attached hydrogens (tertiary/aromatic N) is 4. The second-order valence-electron chi connectivity index (χ2n) is 4.19. The number of likely N-dealkylation sites (N-methyl/N-ethyl adjacent to an activating group) is 1. The quantitative estimate of drug-likeness (QED) is 0.465. The van der Waals surface area contributed by atoms with Crippen molar-refractivity contribution in [1.82, 2.24) is 4.90 Å². The summed E-state index contributed by atoms with van der Waals surface area (Å²) in [5, 5.41) is 3.65. The molecule has 6 heteroatoms. The van der Waals surface area contributed by atoms with E-state index < -0.39 is 5.54 Å². The minimum atomic E-state index is -1.25. The Morgan fingerprint density at radius 2 is 1.94 bits per heavy atom. The SMILES string of the molecule is COc1ccc(C(C)(N=[N+]=[N-])C(=O)N(C)C)cc1. The molecule has 1 rings (SSSR count). The summed E-state index contributed by atoms with van der Waals surface area (Å²) in [6.07, 6.45) is 0. The second kappa shape index (κ2) is 5.42. The summed E-state index contributed by atoms with van der Waals surface area (Å²) in [5.41, 5.74) is 8.04. The number of carbonyl (C=O) groups is 1. The Morgan fingerprint density at radius 3 is 2.33 bits per heavy atom. The number of hydrogen-bond donors (Lipinski definition) is 0. The van der Waals surface area contributed by atoms with Crippen LogP contribution in [-0.2, 0) is 10.3 Å². The summed E-state index contributed by atoms with van der Waals surface area (Å²) in [6, 6.07) is 6.89. The van der Waals surface area contributed by atoms with Gasteiger partial charge >= 0.3 is 0 Å². The molecule has 0 saturated heterocycles. The molecule has 0 fully saturated rings. The van der Waals surface area contributed by atoms with E-state index in [4.69, 9.17) is 10.3 Å². The van der Waals surface area contributed by atoms with Crippen molar-refractivity contribution in [3.05, 3.63) is 40.3 Å². The van der Waals surface area contributed by atoms with Crippen LogP contribution in [0.15, 0.2) is 29.4 Å². The third-order valence-corrected chi connectivity index (χ3v) is 2.72. The van der Waals surface area contributed by atoms with Crippen molar-refractivity contribution in [3.8, 4) is 5.75 Å². The number of azide groups is 1. The largest absolute Gasteiger partial charge is 0.497 e. The van der Waals surface area contributed by atoms with E-state index in [2.05, 4.69) is 10.0 Å². The maximum absolute atomic E-state index is 12.1. The zero-order valence-electron chi connectivity index (χ0n) is 10.9. The lowest BCUT2D eigenvalue weighted by atomic mass is 9.91. The molecule has 1 aromatic rings. The molecule has 0 bridgehead atoms. The van der Waals surface area contributed by atoms with E-state index in [1.807, 2.05) is 0 Å². The van der Waals surface area contributed by atoms with Crippen LogP contribution in [0.1, 0.15) is 12.5 Å². The van der Waals surface area contributed by atoms with Crippen LogP contribution in [0.5, 0.6) is 5.75 Å². The average molecular weight is 248 g/mol. The summed E-state index contributed by atoms with van der Waals surface area (Å²) in [4.78, 5) is 16.3. The fourth-order valence-electron chi connectivity index (χ4n) is 1.66. The standard InChI is InChI=1S/C12H16N4O2/c1-12(14-15-13,11(17)16(2)3)9-5-7-10(18-4)8-6-9/h5-8H,1-4H3. The maximum atomic E-state index is 12.1. The minimum Gasteiger partial charge on any atom is -0.497 e. The lowest BCUT2D eigenvalue weighted by Gasteiger charge is -2.26. The number of amides is 1. The number of carbonyl (C=O) groups excluding carboxylic acids is 1. The lowest BCUT2D eigenvalue weighted by molar-refractivity contribution is -0.134. The summed E-state index contributed by atoms with van der Waals surface area (Å²) in [6.45, 7) is 1.59. The normalized spacial score (nSPS) is 13.1. The molecule has 0 spiro atoms. The van der Waals surface area contributed by atoms with Gasteiger partial charge in [0.15, 0.2) is 0 Å². The highest BCUT2D eigenvalue weighted by molar-refractivity contribution is 5.87. The zero-order chi connectivity index (χ0) is 13.8. The number of rotatable bonds is 4. The monoisotopic (exact) mass is 248 g/mol. The molecule has 1 amide bonds. The smallest absolute Gasteiger partial charge is 0.238 e. The van der Waals surface area contributed by atoms with Gasteiger partial charge in [-0.2, -0.15) is 0 Å². The van der Waals surface area contributed by atoms with E-state index in [-0.39, 0.29) is 5.91 Å². The molecule has 0 aromatic heterocycles. The first-order valence-corrected chi connectivity index (χ1v) is 5.38. The van der Waals surface area contributed by atoms with Gasteiger partial charge in [-0.1, -0.05) is 17.2 Å². The molecule has 0 heterocycles. The van der Waals surface area contributed by atoms with Crippen molar-refractivity contribution in [2.75, 3.05) is 21.2 Å². The molecule has 0 aliphatic rings. The first-order valence-electron chi connectivity index (χ1n) is 5.38. The molecule has 0 N–H and O–H groups in total. The van der Waals surface area contributed by atoms with Crippen LogP contribution in [0.2, 0.25) is 0 Å². The van der Waals surface area contributed by atoms with Crippen LogP contribution in [0.25, 0.3) is 10.4 Å². The Balaban J connectivity index is 3.26. The Bertz CT molecular complexity index is 477. The third kappa shape index (κ3) is 2.55. The molecule has 1 aromatic carbocycles. The van der Waals surface area contributed by atoms with Crippen molar-refractivity contribution in [3.63, 3.8) is 0 Å². The van der Waals surface area contributed by atoms with Gasteiger partial charge in [-0.3, -0.25) is 4.79 Å². The molecule has 96 valence electrons. The molecule has 0 aliphatic heterocycles. The Labute approximate surface area is 106 Å². The highest BCUT2D eigenvalue weighted by Gasteiger charge is 2.35. The van der Waals surface area contributed by atoms with Gasteiger partial charge in [0, 0.05) is 19.0 Å². The van der Waals surface area contributed by atoms with Crippen LogP contribution >= 0.6 is 0 Å². The molecule has 18 heavy (non-hydrogen) atoms. The number of methoxy groups -OCH3 is 1. The predicted molar refractivity (Wildman–Crippen MR) is 68.2 cm³/mol. The van der Waals surface area contributed by atoms with Gasteiger partial charge in [-0.05, 0) is 30.2 Å². The molecule has 0 radical (unpaired) electrons. The molecular formula is C12H16N4O2. The third-order valence-electron chi connectivity index (χ3n) is 2.72. The van der Waals surface area contributed by atoms with Crippen molar-refractivity contribution in [2.45, 2.75) is 12.5 Å². The van der Waals surface area contributed by atoms with Gasteiger partial charge in [-0.15, -0.1) is 0 Å². The first kappa shape index (κ1) is 13.9. The van der Waals surface area contributed by atoms with Crippen LogP contribution in [0.4, 0.5) is 0 Å². The number of benzene rings is 1.